The molecule has 0 amide bonds. The average Bonchev–Trinajstić information content (AvgIpc) is 2.83. The van der Waals surface area contributed by atoms with Crippen molar-refractivity contribution in [1.82, 2.24) is 0 Å². The Morgan fingerprint density at radius 2 is 2.12 bits per heavy atom. The van der Waals surface area contributed by atoms with E-state index in [0.717, 1.165) is 22.0 Å². The monoisotopic (exact) mass is 364 g/mol. The van der Waals surface area contributed by atoms with Crippen LogP contribution in [0.1, 0.15) is 37.4 Å². The third kappa shape index (κ3) is 4.11. The van der Waals surface area contributed by atoms with Crippen molar-refractivity contribution in [1.29, 1.82) is 0 Å². The van der Waals surface area contributed by atoms with Crippen molar-refractivity contribution in [3.8, 4) is 0 Å². The van der Waals surface area contributed by atoms with Crippen LogP contribution >= 0.6 is 34.2 Å². The lowest BCUT2D eigenvalue weighted by Crippen LogP contribution is -2.12. The molecule has 17 heavy (non-hydrogen) atoms. The SMILES string of the molecule is Clc1cccc(C(CI)OCC2CCCC2)c1. The maximum Gasteiger partial charge on any atom is 0.0914 e. The fourth-order valence-corrected chi connectivity index (χ4v) is 3.33. The fourth-order valence-electron chi connectivity index (χ4n) is 2.37. The molecule has 94 valence electrons. The molecular weight excluding hydrogens is 347 g/mol. The molecule has 1 saturated carbocycles. The number of ether oxygens (including phenoxy) is 1. The molecule has 1 aliphatic carbocycles. The number of halogens is 2. The van der Waals surface area contributed by atoms with Gasteiger partial charge in [-0.2, -0.15) is 0 Å². The predicted molar refractivity (Wildman–Crippen MR) is 81.0 cm³/mol. The third-order valence-electron chi connectivity index (χ3n) is 3.37. The molecule has 0 bridgehead atoms. The molecule has 0 heterocycles. The highest BCUT2D eigenvalue weighted by atomic mass is 127. The number of hydrogen-bond donors (Lipinski definition) is 0. The number of hydrogen-bond acceptors (Lipinski definition) is 1. The van der Waals surface area contributed by atoms with Crippen LogP contribution in [0.4, 0.5) is 0 Å². The van der Waals surface area contributed by atoms with Gasteiger partial charge in [-0.15, -0.1) is 0 Å². The van der Waals surface area contributed by atoms with Crippen molar-refractivity contribution >= 4 is 34.2 Å². The second-order valence-corrected chi connectivity index (χ2v) is 6.00. The summed E-state index contributed by atoms with van der Waals surface area (Å²) in [4.78, 5) is 0. The Morgan fingerprint density at radius 1 is 1.35 bits per heavy atom. The van der Waals surface area contributed by atoms with Crippen LogP contribution < -0.4 is 0 Å². The van der Waals surface area contributed by atoms with Crippen molar-refractivity contribution in [2.45, 2.75) is 31.8 Å². The van der Waals surface area contributed by atoms with Crippen molar-refractivity contribution in [3.63, 3.8) is 0 Å². The topological polar surface area (TPSA) is 9.23 Å². The van der Waals surface area contributed by atoms with Crippen molar-refractivity contribution in [2.75, 3.05) is 11.0 Å². The Morgan fingerprint density at radius 3 is 2.76 bits per heavy atom. The molecule has 1 nitrogen and oxygen atoms in total. The van der Waals surface area contributed by atoms with Crippen LogP contribution in [-0.4, -0.2) is 11.0 Å². The van der Waals surface area contributed by atoms with E-state index < -0.39 is 0 Å². The van der Waals surface area contributed by atoms with Gasteiger partial charge >= 0.3 is 0 Å². The minimum absolute atomic E-state index is 0.190. The second-order valence-electron chi connectivity index (χ2n) is 4.68. The summed E-state index contributed by atoms with van der Waals surface area (Å²) < 4.78 is 7.03. The minimum Gasteiger partial charge on any atom is -0.372 e. The molecule has 2 rings (SSSR count). The van der Waals surface area contributed by atoms with Gasteiger partial charge in [0, 0.05) is 9.45 Å². The van der Waals surface area contributed by atoms with Crippen LogP contribution in [-0.2, 0) is 4.74 Å². The zero-order valence-corrected chi connectivity index (χ0v) is 12.8. The summed E-state index contributed by atoms with van der Waals surface area (Å²) in [5, 5.41) is 0.793. The van der Waals surface area contributed by atoms with Gasteiger partial charge in [-0.25, -0.2) is 0 Å². The van der Waals surface area contributed by atoms with Gasteiger partial charge in [0.1, 0.15) is 0 Å². The van der Waals surface area contributed by atoms with E-state index in [9.17, 15) is 0 Å². The zero-order valence-electron chi connectivity index (χ0n) is 9.87. The van der Waals surface area contributed by atoms with Crippen LogP contribution in [0, 0.1) is 5.92 Å². The van der Waals surface area contributed by atoms with Gasteiger partial charge in [0.25, 0.3) is 0 Å². The smallest absolute Gasteiger partial charge is 0.0914 e. The number of alkyl halides is 1. The Kier molecular flexibility index (Phi) is 5.57. The molecular formula is C14H18ClIO. The van der Waals surface area contributed by atoms with Gasteiger partial charge < -0.3 is 4.74 Å². The molecule has 1 aromatic carbocycles. The maximum atomic E-state index is 6.05. The van der Waals surface area contributed by atoms with Gasteiger partial charge in [-0.3, -0.25) is 0 Å². The lowest BCUT2D eigenvalue weighted by atomic mass is 10.1. The van der Waals surface area contributed by atoms with Crippen LogP contribution in [0.15, 0.2) is 24.3 Å². The Labute approximate surface area is 122 Å². The van der Waals surface area contributed by atoms with Crippen LogP contribution in [0.5, 0.6) is 0 Å². The van der Waals surface area contributed by atoms with E-state index in [2.05, 4.69) is 28.7 Å². The molecule has 0 aromatic heterocycles. The molecule has 1 unspecified atom stereocenters. The van der Waals surface area contributed by atoms with Crippen molar-refractivity contribution in [3.05, 3.63) is 34.9 Å². The first-order chi connectivity index (χ1) is 8.29. The van der Waals surface area contributed by atoms with E-state index in [1.165, 1.54) is 31.2 Å². The number of benzene rings is 1. The van der Waals surface area contributed by atoms with Crippen molar-refractivity contribution < 1.29 is 4.74 Å². The molecule has 0 radical (unpaired) electrons. The molecule has 0 aliphatic heterocycles. The molecule has 0 spiro atoms. The lowest BCUT2D eigenvalue weighted by molar-refractivity contribution is 0.0454. The number of rotatable bonds is 5. The maximum absolute atomic E-state index is 6.05. The van der Waals surface area contributed by atoms with Crippen LogP contribution in [0.3, 0.4) is 0 Å². The van der Waals surface area contributed by atoms with E-state index >= 15 is 0 Å². The van der Waals surface area contributed by atoms with Crippen LogP contribution in [0.25, 0.3) is 0 Å². The van der Waals surface area contributed by atoms with E-state index in [-0.39, 0.29) is 6.10 Å². The summed E-state index contributed by atoms with van der Waals surface area (Å²) in [6.07, 6.45) is 5.61. The second kappa shape index (κ2) is 6.95. The minimum atomic E-state index is 0.190. The summed E-state index contributed by atoms with van der Waals surface area (Å²) in [6.45, 7) is 0.903. The van der Waals surface area contributed by atoms with E-state index in [1.54, 1.807) is 0 Å². The van der Waals surface area contributed by atoms with Gasteiger partial charge in [-0.05, 0) is 36.5 Å². The summed E-state index contributed by atoms with van der Waals surface area (Å²) in [7, 11) is 0. The van der Waals surface area contributed by atoms with E-state index in [1.807, 2.05) is 18.2 Å². The first kappa shape index (κ1) is 13.6. The summed E-state index contributed by atoms with van der Waals surface area (Å²) in [6, 6.07) is 8.02. The Bertz CT molecular complexity index is 350. The summed E-state index contributed by atoms with van der Waals surface area (Å²) in [5.74, 6) is 0.777. The molecule has 0 N–H and O–H groups in total. The van der Waals surface area contributed by atoms with Gasteiger partial charge in [0.2, 0.25) is 0 Å². The Hall–Kier alpha value is 0.200. The van der Waals surface area contributed by atoms with Crippen molar-refractivity contribution in [2.24, 2.45) is 5.92 Å². The molecule has 1 fully saturated rings. The molecule has 1 atom stereocenters. The summed E-state index contributed by atoms with van der Waals surface area (Å²) >= 11 is 8.40. The zero-order chi connectivity index (χ0) is 12.1. The van der Waals surface area contributed by atoms with Gasteiger partial charge in [0.15, 0.2) is 0 Å². The van der Waals surface area contributed by atoms with Gasteiger partial charge in [0.05, 0.1) is 12.7 Å². The fraction of sp³-hybridized carbons (Fsp3) is 0.571. The van der Waals surface area contributed by atoms with Gasteiger partial charge in [-0.1, -0.05) is 59.2 Å². The van der Waals surface area contributed by atoms with E-state index in [0.29, 0.717) is 0 Å². The standard InChI is InChI=1S/C14H18ClIO/c15-13-7-3-6-12(8-13)14(9-16)17-10-11-4-1-2-5-11/h3,6-8,11,14H,1-2,4-5,9-10H2. The predicted octanol–water partition coefficient (Wildman–Crippen LogP) is 5.02. The first-order valence-electron chi connectivity index (χ1n) is 6.22. The highest BCUT2D eigenvalue weighted by Crippen LogP contribution is 2.28. The van der Waals surface area contributed by atoms with Crippen LogP contribution in [0.2, 0.25) is 5.02 Å². The van der Waals surface area contributed by atoms with E-state index in [4.69, 9.17) is 16.3 Å². The molecule has 0 saturated heterocycles. The Balaban J connectivity index is 1.91. The largest absolute Gasteiger partial charge is 0.372 e. The molecule has 1 aromatic rings. The normalized spacial score (nSPS) is 18.5. The quantitative estimate of drug-likeness (QED) is 0.526. The lowest BCUT2D eigenvalue weighted by Gasteiger charge is -2.18. The highest BCUT2D eigenvalue weighted by molar-refractivity contribution is 14.1. The first-order valence-corrected chi connectivity index (χ1v) is 8.13. The molecule has 1 aliphatic rings. The highest BCUT2D eigenvalue weighted by Gasteiger charge is 2.18. The molecule has 3 heteroatoms. The third-order valence-corrected chi connectivity index (χ3v) is 4.40. The summed E-state index contributed by atoms with van der Waals surface area (Å²) in [5.41, 5.74) is 1.20. The average molecular weight is 365 g/mol.